The molecule has 0 atom stereocenters. The predicted molar refractivity (Wildman–Crippen MR) is 85.2 cm³/mol. The molecule has 4 nitrogen and oxygen atoms in total. The zero-order valence-corrected chi connectivity index (χ0v) is 12.6. The Morgan fingerprint density at radius 3 is 2.67 bits per heavy atom. The minimum Gasteiger partial charge on any atom is -0.497 e. The Kier molecular flexibility index (Phi) is 5.88. The smallest absolute Gasteiger partial charge is 0.168 e. The molecule has 0 bridgehead atoms. The van der Waals surface area contributed by atoms with E-state index in [4.69, 9.17) is 9.47 Å². The van der Waals surface area contributed by atoms with Gasteiger partial charge in [-0.15, -0.1) is 0 Å². The summed E-state index contributed by atoms with van der Waals surface area (Å²) >= 11 is 0. The fourth-order valence-corrected chi connectivity index (χ4v) is 1.97. The molecule has 0 saturated heterocycles. The summed E-state index contributed by atoms with van der Waals surface area (Å²) in [4.78, 5) is 4.33. The quantitative estimate of drug-likeness (QED) is 0.806. The van der Waals surface area contributed by atoms with Crippen LogP contribution in [0.25, 0.3) is 0 Å². The van der Waals surface area contributed by atoms with E-state index in [2.05, 4.69) is 29.4 Å². The normalized spacial score (nSPS) is 10.2. The van der Waals surface area contributed by atoms with Crippen molar-refractivity contribution in [2.45, 2.75) is 19.8 Å². The summed E-state index contributed by atoms with van der Waals surface area (Å²) in [5.41, 5.74) is 1.26. The third-order valence-corrected chi connectivity index (χ3v) is 3.10. The molecule has 1 heterocycles. The van der Waals surface area contributed by atoms with Crippen LogP contribution in [-0.4, -0.2) is 25.2 Å². The van der Waals surface area contributed by atoms with Gasteiger partial charge in [-0.25, -0.2) is 4.98 Å². The van der Waals surface area contributed by atoms with Crippen molar-refractivity contribution >= 4 is 5.82 Å². The average molecular weight is 286 g/mol. The standard InChI is InChI=1S/C17H22N2O2/c1-3-13-21-16-5-4-11-18-17(16)19-12-10-14-6-8-15(20-2)9-7-14/h4-9,11H,3,10,12-13H2,1-2H3,(H,18,19). The van der Waals surface area contributed by atoms with Gasteiger partial charge in [-0.3, -0.25) is 0 Å². The summed E-state index contributed by atoms with van der Waals surface area (Å²) in [5.74, 6) is 2.50. The number of rotatable bonds is 8. The number of hydrogen-bond acceptors (Lipinski definition) is 4. The number of anilines is 1. The number of aromatic nitrogens is 1. The number of pyridine rings is 1. The summed E-state index contributed by atoms with van der Waals surface area (Å²) in [6, 6.07) is 11.9. The first-order valence-corrected chi connectivity index (χ1v) is 7.28. The van der Waals surface area contributed by atoms with E-state index in [1.54, 1.807) is 13.3 Å². The van der Waals surface area contributed by atoms with Crippen molar-refractivity contribution in [2.75, 3.05) is 25.6 Å². The highest BCUT2D eigenvalue weighted by Gasteiger charge is 2.03. The van der Waals surface area contributed by atoms with Gasteiger partial charge in [0.05, 0.1) is 13.7 Å². The molecule has 1 aromatic carbocycles. The molecular formula is C17H22N2O2. The maximum atomic E-state index is 5.68. The van der Waals surface area contributed by atoms with Crippen LogP contribution in [0.4, 0.5) is 5.82 Å². The second-order valence-corrected chi connectivity index (χ2v) is 4.72. The van der Waals surface area contributed by atoms with E-state index < -0.39 is 0 Å². The molecule has 0 fully saturated rings. The van der Waals surface area contributed by atoms with Gasteiger partial charge in [0.15, 0.2) is 11.6 Å². The topological polar surface area (TPSA) is 43.4 Å². The first-order valence-electron chi connectivity index (χ1n) is 7.28. The lowest BCUT2D eigenvalue weighted by Crippen LogP contribution is -2.08. The molecule has 2 rings (SSSR count). The molecule has 1 N–H and O–H groups in total. The zero-order valence-electron chi connectivity index (χ0n) is 12.6. The largest absolute Gasteiger partial charge is 0.497 e. The van der Waals surface area contributed by atoms with E-state index in [9.17, 15) is 0 Å². The van der Waals surface area contributed by atoms with E-state index in [0.717, 1.165) is 36.7 Å². The van der Waals surface area contributed by atoms with Crippen LogP contribution in [0, 0.1) is 0 Å². The summed E-state index contributed by atoms with van der Waals surface area (Å²) < 4.78 is 10.8. The van der Waals surface area contributed by atoms with Crippen LogP contribution in [-0.2, 0) is 6.42 Å². The maximum absolute atomic E-state index is 5.68. The van der Waals surface area contributed by atoms with Crippen molar-refractivity contribution in [3.63, 3.8) is 0 Å². The Hall–Kier alpha value is -2.23. The average Bonchev–Trinajstić information content (AvgIpc) is 2.54. The molecule has 0 aliphatic rings. The number of ether oxygens (including phenoxy) is 2. The zero-order chi connectivity index (χ0) is 14.9. The Bertz CT molecular complexity index is 541. The lowest BCUT2D eigenvalue weighted by molar-refractivity contribution is 0.318. The Morgan fingerprint density at radius 2 is 1.95 bits per heavy atom. The molecule has 0 spiro atoms. The molecule has 0 aliphatic carbocycles. The number of methoxy groups -OCH3 is 1. The number of nitrogens with zero attached hydrogens (tertiary/aromatic N) is 1. The van der Waals surface area contributed by atoms with Gasteiger partial charge in [-0.1, -0.05) is 19.1 Å². The van der Waals surface area contributed by atoms with Crippen LogP contribution in [0.1, 0.15) is 18.9 Å². The van der Waals surface area contributed by atoms with Crippen LogP contribution in [0.3, 0.4) is 0 Å². The molecule has 1 aromatic heterocycles. The number of hydrogen-bond donors (Lipinski definition) is 1. The first-order chi connectivity index (χ1) is 10.3. The summed E-state index contributed by atoms with van der Waals surface area (Å²) in [5, 5.41) is 3.33. The fraction of sp³-hybridized carbons (Fsp3) is 0.353. The van der Waals surface area contributed by atoms with Crippen molar-refractivity contribution in [2.24, 2.45) is 0 Å². The van der Waals surface area contributed by atoms with Crippen LogP contribution >= 0.6 is 0 Å². The second kappa shape index (κ2) is 8.15. The molecule has 0 saturated carbocycles. The van der Waals surface area contributed by atoms with Gasteiger partial charge in [-0.05, 0) is 42.7 Å². The van der Waals surface area contributed by atoms with E-state index in [0.29, 0.717) is 6.61 Å². The third kappa shape index (κ3) is 4.67. The second-order valence-electron chi connectivity index (χ2n) is 4.72. The van der Waals surface area contributed by atoms with E-state index in [-0.39, 0.29) is 0 Å². The molecule has 112 valence electrons. The predicted octanol–water partition coefficient (Wildman–Crippen LogP) is 3.53. The van der Waals surface area contributed by atoms with Crippen molar-refractivity contribution in [3.05, 3.63) is 48.2 Å². The molecule has 2 aromatic rings. The number of nitrogens with one attached hydrogen (secondary N) is 1. The minimum absolute atomic E-state index is 0.707. The molecule has 0 unspecified atom stereocenters. The van der Waals surface area contributed by atoms with Gasteiger partial charge >= 0.3 is 0 Å². The molecule has 4 heteroatoms. The summed E-state index contributed by atoms with van der Waals surface area (Å²) in [6.07, 6.45) is 3.68. The van der Waals surface area contributed by atoms with Crippen LogP contribution in [0.15, 0.2) is 42.6 Å². The monoisotopic (exact) mass is 286 g/mol. The van der Waals surface area contributed by atoms with Gasteiger partial charge in [0, 0.05) is 12.7 Å². The highest BCUT2D eigenvalue weighted by atomic mass is 16.5. The van der Waals surface area contributed by atoms with E-state index >= 15 is 0 Å². The summed E-state index contributed by atoms with van der Waals surface area (Å²) in [6.45, 7) is 3.61. The Morgan fingerprint density at radius 1 is 1.14 bits per heavy atom. The maximum Gasteiger partial charge on any atom is 0.168 e. The van der Waals surface area contributed by atoms with Gasteiger partial charge in [-0.2, -0.15) is 0 Å². The van der Waals surface area contributed by atoms with Crippen LogP contribution < -0.4 is 14.8 Å². The van der Waals surface area contributed by atoms with Crippen molar-refractivity contribution in [3.8, 4) is 11.5 Å². The van der Waals surface area contributed by atoms with Crippen molar-refractivity contribution < 1.29 is 9.47 Å². The highest BCUT2D eigenvalue weighted by Crippen LogP contribution is 2.21. The SMILES string of the molecule is CCCOc1cccnc1NCCc1ccc(OC)cc1. The fourth-order valence-electron chi connectivity index (χ4n) is 1.97. The van der Waals surface area contributed by atoms with Crippen LogP contribution in [0.2, 0.25) is 0 Å². The third-order valence-electron chi connectivity index (χ3n) is 3.10. The first kappa shape index (κ1) is 15.2. The molecule has 0 radical (unpaired) electrons. The van der Waals surface area contributed by atoms with Gasteiger partial charge in [0.2, 0.25) is 0 Å². The van der Waals surface area contributed by atoms with Crippen molar-refractivity contribution in [1.82, 2.24) is 4.98 Å². The van der Waals surface area contributed by atoms with Gasteiger partial charge < -0.3 is 14.8 Å². The van der Waals surface area contributed by atoms with Crippen molar-refractivity contribution in [1.29, 1.82) is 0 Å². The van der Waals surface area contributed by atoms with Crippen LogP contribution in [0.5, 0.6) is 11.5 Å². The lowest BCUT2D eigenvalue weighted by Gasteiger charge is -2.11. The number of benzene rings is 1. The van der Waals surface area contributed by atoms with Gasteiger partial charge in [0.25, 0.3) is 0 Å². The molecule has 21 heavy (non-hydrogen) atoms. The molecular weight excluding hydrogens is 264 g/mol. The van der Waals surface area contributed by atoms with E-state index in [1.165, 1.54) is 5.56 Å². The molecule has 0 amide bonds. The highest BCUT2D eigenvalue weighted by molar-refractivity contribution is 5.49. The molecule has 0 aliphatic heterocycles. The van der Waals surface area contributed by atoms with E-state index in [1.807, 2.05) is 24.3 Å². The van der Waals surface area contributed by atoms with Gasteiger partial charge in [0.1, 0.15) is 5.75 Å². The minimum atomic E-state index is 0.707. The lowest BCUT2D eigenvalue weighted by atomic mass is 10.1. The Balaban J connectivity index is 1.87. The summed E-state index contributed by atoms with van der Waals surface area (Å²) in [7, 11) is 1.68. The Labute approximate surface area is 126 Å².